The second kappa shape index (κ2) is 6.10. The lowest BCUT2D eigenvalue weighted by molar-refractivity contribution is 1.18. The van der Waals surface area contributed by atoms with Crippen LogP contribution in [0.25, 0.3) is 39.6 Å². The molecule has 0 radical (unpaired) electrons. The summed E-state index contributed by atoms with van der Waals surface area (Å²) < 4.78 is 2.38. The molecule has 0 spiro atoms. The second-order valence-electron chi connectivity index (χ2n) is 6.31. The zero-order valence-corrected chi connectivity index (χ0v) is 14.7. The van der Waals surface area contributed by atoms with Gasteiger partial charge in [0.15, 0.2) is 0 Å². The predicted octanol–water partition coefficient (Wildman–Crippen LogP) is 6.77. The SMILES string of the molecule is C=Cc1ccc2c3c(C)cccc3n(-c3ccccc3)c2c1/C=C\C. The van der Waals surface area contributed by atoms with Gasteiger partial charge in [-0.3, -0.25) is 0 Å². The van der Waals surface area contributed by atoms with E-state index in [1.54, 1.807) is 0 Å². The van der Waals surface area contributed by atoms with Crippen LogP contribution in [-0.4, -0.2) is 4.57 Å². The van der Waals surface area contributed by atoms with Crippen molar-refractivity contribution in [3.63, 3.8) is 0 Å². The maximum atomic E-state index is 4.01. The molecule has 0 aliphatic carbocycles. The van der Waals surface area contributed by atoms with Gasteiger partial charge in [0, 0.05) is 22.0 Å². The highest BCUT2D eigenvalue weighted by Gasteiger charge is 2.17. The van der Waals surface area contributed by atoms with Crippen molar-refractivity contribution in [3.8, 4) is 5.69 Å². The lowest BCUT2D eigenvalue weighted by atomic mass is 10.0. The largest absolute Gasteiger partial charge is 0.309 e. The maximum Gasteiger partial charge on any atom is 0.0619 e. The number of hydrogen-bond acceptors (Lipinski definition) is 0. The number of nitrogens with zero attached hydrogens (tertiary/aromatic N) is 1. The van der Waals surface area contributed by atoms with Crippen molar-refractivity contribution < 1.29 is 0 Å². The van der Waals surface area contributed by atoms with Crippen molar-refractivity contribution in [2.24, 2.45) is 0 Å². The van der Waals surface area contributed by atoms with Crippen molar-refractivity contribution in [3.05, 3.63) is 90.0 Å². The molecule has 3 aromatic carbocycles. The quantitative estimate of drug-likeness (QED) is 0.392. The van der Waals surface area contributed by atoms with E-state index in [1.807, 2.05) is 6.08 Å². The van der Waals surface area contributed by atoms with E-state index < -0.39 is 0 Å². The van der Waals surface area contributed by atoms with Crippen LogP contribution < -0.4 is 0 Å². The predicted molar refractivity (Wildman–Crippen MR) is 110 cm³/mol. The highest BCUT2D eigenvalue weighted by Crippen LogP contribution is 2.37. The molecule has 4 rings (SSSR count). The second-order valence-corrected chi connectivity index (χ2v) is 6.31. The van der Waals surface area contributed by atoms with Crippen LogP contribution in [0.15, 0.2) is 73.3 Å². The van der Waals surface area contributed by atoms with E-state index in [2.05, 4.69) is 97.8 Å². The minimum absolute atomic E-state index is 1.16. The third-order valence-electron chi connectivity index (χ3n) is 4.80. The first-order chi connectivity index (χ1) is 12.3. The number of benzene rings is 3. The molecule has 0 unspecified atom stereocenters. The summed E-state index contributed by atoms with van der Waals surface area (Å²) in [7, 11) is 0. The fourth-order valence-corrected chi connectivity index (χ4v) is 3.74. The van der Waals surface area contributed by atoms with E-state index in [-0.39, 0.29) is 0 Å². The van der Waals surface area contributed by atoms with Crippen molar-refractivity contribution in [2.45, 2.75) is 13.8 Å². The molecule has 1 heterocycles. The molecule has 1 nitrogen and oxygen atoms in total. The Morgan fingerprint density at radius 2 is 1.72 bits per heavy atom. The van der Waals surface area contributed by atoms with E-state index in [0.717, 1.165) is 5.56 Å². The van der Waals surface area contributed by atoms with Gasteiger partial charge in [-0.05, 0) is 43.2 Å². The molecule has 0 N–H and O–H groups in total. The van der Waals surface area contributed by atoms with Crippen LogP contribution in [0.3, 0.4) is 0 Å². The van der Waals surface area contributed by atoms with Gasteiger partial charge in [0.2, 0.25) is 0 Å². The number of para-hydroxylation sites is 1. The minimum Gasteiger partial charge on any atom is -0.309 e. The first-order valence-electron chi connectivity index (χ1n) is 8.63. The fraction of sp³-hybridized carbons (Fsp3) is 0.0833. The van der Waals surface area contributed by atoms with Gasteiger partial charge in [-0.25, -0.2) is 0 Å². The zero-order valence-electron chi connectivity index (χ0n) is 14.7. The molecule has 0 saturated heterocycles. The molecular weight excluding hydrogens is 302 g/mol. The van der Waals surface area contributed by atoms with Crippen molar-refractivity contribution >= 4 is 34.0 Å². The van der Waals surface area contributed by atoms with E-state index in [0.29, 0.717) is 0 Å². The van der Waals surface area contributed by atoms with E-state index in [1.165, 1.54) is 38.6 Å². The number of aromatic nitrogens is 1. The van der Waals surface area contributed by atoms with E-state index >= 15 is 0 Å². The number of rotatable bonds is 3. The minimum atomic E-state index is 1.16. The van der Waals surface area contributed by atoms with Gasteiger partial charge < -0.3 is 4.57 Å². The third-order valence-corrected chi connectivity index (χ3v) is 4.80. The molecule has 0 aliphatic heterocycles. The Balaban J connectivity index is 2.31. The summed E-state index contributed by atoms with van der Waals surface area (Å²) in [4.78, 5) is 0. The van der Waals surface area contributed by atoms with Crippen molar-refractivity contribution in [1.82, 2.24) is 4.57 Å². The molecule has 0 saturated carbocycles. The average Bonchev–Trinajstić information content (AvgIpc) is 2.99. The summed E-state index contributed by atoms with van der Waals surface area (Å²) in [5.74, 6) is 0. The summed E-state index contributed by atoms with van der Waals surface area (Å²) in [6.07, 6.45) is 6.23. The van der Waals surface area contributed by atoms with Crippen LogP contribution in [0, 0.1) is 6.92 Å². The first-order valence-corrected chi connectivity index (χ1v) is 8.63. The molecule has 0 fully saturated rings. The first kappa shape index (κ1) is 15.5. The Bertz CT molecular complexity index is 1110. The third kappa shape index (κ3) is 2.32. The molecule has 25 heavy (non-hydrogen) atoms. The standard InChI is InChI=1S/C24H21N/c1-4-10-20-18(5-2)15-16-21-23-17(3)11-9-14-22(23)25(24(20)21)19-12-7-6-8-13-19/h4-16H,2H2,1,3H3/b10-4-. The van der Waals surface area contributed by atoms with Gasteiger partial charge in [-0.15, -0.1) is 0 Å². The van der Waals surface area contributed by atoms with Gasteiger partial charge in [-0.1, -0.05) is 67.3 Å². The highest BCUT2D eigenvalue weighted by molar-refractivity contribution is 6.13. The molecule has 0 amide bonds. The molecule has 4 aromatic rings. The Labute approximate surface area is 148 Å². The Hall–Kier alpha value is -3.06. The summed E-state index contributed by atoms with van der Waals surface area (Å²) in [5.41, 5.74) is 7.34. The van der Waals surface area contributed by atoms with Gasteiger partial charge >= 0.3 is 0 Å². The van der Waals surface area contributed by atoms with Crippen LogP contribution in [0.5, 0.6) is 0 Å². The average molecular weight is 323 g/mol. The van der Waals surface area contributed by atoms with Crippen molar-refractivity contribution in [2.75, 3.05) is 0 Å². The number of hydrogen-bond donors (Lipinski definition) is 0. The molecule has 1 aromatic heterocycles. The van der Waals surface area contributed by atoms with Crippen LogP contribution in [0.1, 0.15) is 23.6 Å². The molecular formula is C24H21N. The van der Waals surface area contributed by atoms with E-state index in [9.17, 15) is 0 Å². The monoisotopic (exact) mass is 323 g/mol. The summed E-state index contributed by atoms with van der Waals surface area (Å²) in [6, 6.07) is 21.5. The molecule has 1 heteroatoms. The van der Waals surface area contributed by atoms with Gasteiger partial charge in [0.25, 0.3) is 0 Å². The molecule has 122 valence electrons. The Morgan fingerprint density at radius 3 is 2.44 bits per heavy atom. The summed E-state index contributed by atoms with van der Waals surface area (Å²) in [5, 5.41) is 2.61. The van der Waals surface area contributed by atoms with E-state index in [4.69, 9.17) is 0 Å². The highest BCUT2D eigenvalue weighted by atomic mass is 15.0. The Morgan fingerprint density at radius 1 is 0.920 bits per heavy atom. The van der Waals surface area contributed by atoms with Gasteiger partial charge in [0.1, 0.15) is 0 Å². The number of aryl methyl sites for hydroxylation is 1. The molecule has 0 bridgehead atoms. The Kier molecular flexibility index (Phi) is 3.77. The normalized spacial score (nSPS) is 11.6. The number of fused-ring (bicyclic) bond motifs is 3. The van der Waals surface area contributed by atoms with Crippen LogP contribution >= 0.6 is 0 Å². The zero-order chi connectivity index (χ0) is 17.4. The van der Waals surface area contributed by atoms with Crippen molar-refractivity contribution in [1.29, 1.82) is 0 Å². The maximum absolute atomic E-state index is 4.01. The fourth-order valence-electron chi connectivity index (χ4n) is 3.74. The topological polar surface area (TPSA) is 4.93 Å². The van der Waals surface area contributed by atoms with Crippen LogP contribution in [0.2, 0.25) is 0 Å². The summed E-state index contributed by atoms with van der Waals surface area (Å²) >= 11 is 0. The van der Waals surface area contributed by atoms with Gasteiger partial charge in [0.05, 0.1) is 11.0 Å². The molecule has 0 aliphatic rings. The van der Waals surface area contributed by atoms with Crippen LogP contribution in [0.4, 0.5) is 0 Å². The molecule has 0 atom stereocenters. The smallest absolute Gasteiger partial charge is 0.0619 e. The van der Waals surface area contributed by atoms with Gasteiger partial charge in [-0.2, -0.15) is 0 Å². The lowest BCUT2D eigenvalue weighted by Gasteiger charge is -2.11. The summed E-state index contributed by atoms with van der Waals surface area (Å²) in [6.45, 7) is 8.26. The lowest BCUT2D eigenvalue weighted by Crippen LogP contribution is -1.96. The number of allylic oxidation sites excluding steroid dienone is 1. The van der Waals surface area contributed by atoms with Crippen LogP contribution in [-0.2, 0) is 0 Å².